The van der Waals surface area contributed by atoms with Crippen LogP contribution in [0.1, 0.15) is 25.3 Å². The van der Waals surface area contributed by atoms with Gasteiger partial charge in [0.15, 0.2) is 0 Å². The molecule has 0 fully saturated rings. The van der Waals surface area contributed by atoms with Gasteiger partial charge in [-0.1, -0.05) is 55.8 Å². The standard InChI is InChI=1S/C15H23NO/c1-2-3-13-17-14-12-16-11-7-10-15-8-5-4-6-9-15/h4-10,16H,2-3,11-14H2,1H3/b10-7+. The predicted molar refractivity (Wildman–Crippen MR) is 74.1 cm³/mol. The zero-order valence-electron chi connectivity index (χ0n) is 10.7. The lowest BCUT2D eigenvalue weighted by Gasteiger charge is -2.03. The second-order valence-corrected chi connectivity index (χ2v) is 3.98. The van der Waals surface area contributed by atoms with Gasteiger partial charge in [0.2, 0.25) is 0 Å². The van der Waals surface area contributed by atoms with Crippen LogP contribution in [0.15, 0.2) is 36.4 Å². The molecule has 0 saturated carbocycles. The fourth-order valence-corrected chi connectivity index (χ4v) is 1.44. The molecule has 1 rings (SSSR count). The van der Waals surface area contributed by atoms with Gasteiger partial charge in [-0.15, -0.1) is 0 Å². The smallest absolute Gasteiger partial charge is 0.0591 e. The second-order valence-electron chi connectivity index (χ2n) is 3.98. The monoisotopic (exact) mass is 233 g/mol. The van der Waals surface area contributed by atoms with Crippen LogP contribution in [0.5, 0.6) is 0 Å². The highest BCUT2D eigenvalue weighted by Crippen LogP contribution is 1.99. The topological polar surface area (TPSA) is 21.3 Å². The van der Waals surface area contributed by atoms with Crippen molar-refractivity contribution in [3.63, 3.8) is 0 Å². The molecule has 0 aliphatic heterocycles. The van der Waals surface area contributed by atoms with Crippen molar-refractivity contribution in [2.75, 3.05) is 26.3 Å². The molecule has 94 valence electrons. The molecule has 0 radical (unpaired) electrons. The van der Waals surface area contributed by atoms with E-state index in [1.807, 2.05) is 6.07 Å². The summed E-state index contributed by atoms with van der Waals surface area (Å²) in [6.07, 6.45) is 6.63. The number of benzene rings is 1. The van der Waals surface area contributed by atoms with Crippen molar-refractivity contribution >= 4 is 6.08 Å². The lowest BCUT2D eigenvalue weighted by molar-refractivity contribution is 0.133. The van der Waals surface area contributed by atoms with Crippen LogP contribution in [0.4, 0.5) is 0 Å². The molecule has 0 amide bonds. The molecule has 2 heteroatoms. The number of hydrogen-bond acceptors (Lipinski definition) is 2. The maximum Gasteiger partial charge on any atom is 0.0591 e. The minimum absolute atomic E-state index is 0.805. The molecule has 1 aromatic rings. The van der Waals surface area contributed by atoms with Crippen LogP contribution in [0.25, 0.3) is 6.08 Å². The quantitative estimate of drug-likeness (QED) is 0.662. The Morgan fingerprint density at radius 2 is 2.00 bits per heavy atom. The Morgan fingerprint density at radius 1 is 1.18 bits per heavy atom. The van der Waals surface area contributed by atoms with E-state index in [1.54, 1.807) is 0 Å². The minimum atomic E-state index is 0.805. The highest BCUT2D eigenvalue weighted by atomic mass is 16.5. The van der Waals surface area contributed by atoms with E-state index in [9.17, 15) is 0 Å². The molecule has 1 aromatic carbocycles. The van der Waals surface area contributed by atoms with Gasteiger partial charge >= 0.3 is 0 Å². The normalized spacial score (nSPS) is 11.1. The van der Waals surface area contributed by atoms with Crippen LogP contribution in [-0.2, 0) is 4.74 Å². The summed E-state index contributed by atoms with van der Waals surface area (Å²) in [5.41, 5.74) is 1.24. The van der Waals surface area contributed by atoms with Gasteiger partial charge in [-0.05, 0) is 12.0 Å². The van der Waals surface area contributed by atoms with Crippen molar-refractivity contribution in [2.24, 2.45) is 0 Å². The Hall–Kier alpha value is -1.12. The third-order valence-electron chi connectivity index (χ3n) is 2.44. The predicted octanol–water partition coefficient (Wildman–Crippen LogP) is 3.11. The summed E-state index contributed by atoms with van der Waals surface area (Å²) < 4.78 is 5.45. The van der Waals surface area contributed by atoms with Crippen LogP contribution in [0.3, 0.4) is 0 Å². The van der Waals surface area contributed by atoms with E-state index in [-0.39, 0.29) is 0 Å². The second kappa shape index (κ2) is 10.1. The Balaban J connectivity index is 1.95. The van der Waals surface area contributed by atoms with Gasteiger partial charge in [0.05, 0.1) is 6.61 Å². The Kier molecular flexibility index (Phi) is 8.25. The van der Waals surface area contributed by atoms with Crippen LogP contribution < -0.4 is 5.32 Å². The summed E-state index contributed by atoms with van der Waals surface area (Å²) in [7, 11) is 0. The molecule has 0 unspecified atom stereocenters. The minimum Gasteiger partial charge on any atom is -0.380 e. The average molecular weight is 233 g/mol. The summed E-state index contributed by atoms with van der Waals surface area (Å²) in [6, 6.07) is 10.3. The van der Waals surface area contributed by atoms with Gasteiger partial charge in [-0.2, -0.15) is 0 Å². The van der Waals surface area contributed by atoms with Crippen LogP contribution in [-0.4, -0.2) is 26.3 Å². The number of ether oxygens (including phenoxy) is 1. The third kappa shape index (κ3) is 7.72. The Labute approximate surface area is 105 Å². The summed E-state index contributed by atoms with van der Waals surface area (Å²) in [4.78, 5) is 0. The molecule has 0 saturated heterocycles. The van der Waals surface area contributed by atoms with Gasteiger partial charge in [0.25, 0.3) is 0 Å². The first-order chi connectivity index (χ1) is 8.43. The number of unbranched alkanes of at least 4 members (excludes halogenated alkanes) is 1. The fourth-order valence-electron chi connectivity index (χ4n) is 1.44. The van der Waals surface area contributed by atoms with E-state index < -0.39 is 0 Å². The van der Waals surface area contributed by atoms with E-state index in [4.69, 9.17) is 4.74 Å². The molecule has 0 aliphatic carbocycles. The molecule has 0 aromatic heterocycles. The molecule has 0 atom stereocenters. The van der Waals surface area contributed by atoms with E-state index >= 15 is 0 Å². The Morgan fingerprint density at radius 3 is 2.76 bits per heavy atom. The highest BCUT2D eigenvalue weighted by Gasteiger charge is 1.87. The van der Waals surface area contributed by atoms with Gasteiger partial charge in [0.1, 0.15) is 0 Å². The summed E-state index contributed by atoms with van der Waals surface area (Å²) in [6.45, 7) is 5.68. The van der Waals surface area contributed by atoms with E-state index in [1.165, 1.54) is 12.0 Å². The van der Waals surface area contributed by atoms with Crippen LogP contribution in [0, 0.1) is 0 Å². The van der Waals surface area contributed by atoms with Crippen molar-refractivity contribution in [1.29, 1.82) is 0 Å². The lowest BCUT2D eigenvalue weighted by Crippen LogP contribution is -2.19. The molecule has 0 bridgehead atoms. The van der Waals surface area contributed by atoms with E-state index in [2.05, 4.69) is 48.7 Å². The lowest BCUT2D eigenvalue weighted by atomic mass is 10.2. The summed E-state index contributed by atoms with van der Waals surface area (Å²) in [5.74, 6) is 0. The van der Waals surface area contributed by atoms with E-state index in [0.29, 0.717) is 0 Å². The number of hydrogen-bond donors (Lipinski definition) is 1. The van der Waals surface area contributed by atoms with Crippen molar-refractivity contribution < 1.29 is 4.74 Å². The maximum absolute atomic E-state index is 5.45. The van der Waals surface area contributed by atoms with Gasteiger partial charge in [0, 0.05) is 19.7 Å². The zero-order valence-corrected chi connectivity index (χ0v) is 10.7. The largest absolute Gasteiger partial charge is 0.380 e. The van der Waals surface area contributed by atoms with Crippen LogP contribution >= 0.6 is 0 Å². The molecule has 1 N–H and O–H groups in total. The Bertz CT molecular complexity index is 295. The highest BCUT2D eigenvalue weighted by molar-refractivity contribution is 5.48. The van der Waals surface area contributed by atoms with Crippen molar-refractivity contribution in [1.82, 2.24) is 5.32 Å². The molecular weight excluding hydrogens is 210 g/mol. The van der Waals surface area contributed by atoms with Gasteiger partial charge in [-0.3, -0.25) is 0 Å². The van der Waals surface area contributed by atoms with Gasteiger partial charge in [-0.25, -0.2) is 0 Å². The SMILES string of the molecule is CCCCOCCNC/C=C/c1ccccc1. The molecule has 17 heavy (non-hydrogen) atoms. The summed E-state index contributed by atoms with van der Waals surface area (Å²) >= 11 is 0. The molecular formula is C15H23NO. The number of nitrogens with one attached hydrogen (secondary N) is 1. The molecule has 0 aliphatic rings. The fraction of sp³-hybridized carbons (Fsp3) is 0.467. The molecule has 2 nitrogen and oxygen atoms in total. The average Bonchev–Trinajstić information content (AvgIpc) is 2.38. The van der Waals surface area contributed by atoms with Crippen molar-refractivity contribution in [3.8, 4) is 0 Å². The first-order valence-corrected chi connectivity index (χ1v) is 6.43. The van der Waals surface area contributed by atoms with Crippen molar-refractivity contribution in [2.45, 2.75) is 19.8 Å². The maximum atomic E-state index is 5.45. The molecule has 0 heterocycles. The first kappa shape index (κ1) is 13.9. The zero-order chi connectivity index (χ0) is 12.2. The van der Waals surface area contributed by atoms with Crippen molar-refractivity contribution in [3.05, 3.63) is 42.0 Å². The van der Waals surface area contributed by atoms with Crippen LogP contribution in [0.2, 0.25) is 0 Å². The number of rotatable bonds is 9. The first-order valence-electron chi connectivity index (χ1n) is 6.43. The third-order valence-corrected chi connectivity index (χ3v) is 2.44. The summed E-state index contributed by atoms with van der Waals surface area (Å²) in [5, 5.41) is 3.32. The molecule has 0 spiro atoms. The van der Waals surface area contributed by atoms with Gasteiger partial charge < -0.3 is 10.1 Å². The van der Waals surface area contributed by atoms with E-state index in [0.717, 1.165) is 32.7 Å².